The summed E-state index contributed by atoms with van der Waals surface area (Å²) in [6.07, 6.45) is 0.633. The fraction of sp³-hybridized carbons (Fsp3) is 0.895. The molecule has 8 fully saturated rings. The first-order chi connectivity index (χ1) is 9.51. The van der Waals surface area contributed by atoms with Crippen molar-refractivity contribution in [3.05, 3.63) is 12.2 Å². The fourth-order valence-corrected chi connectivity index (χ4v) is 9.96. The van der Waals surface area contributed by atoms with E-state index in [1.807, 2.05) is 0 Å². The second kappa shape index (κ2) is 2.47. The summed E-state index contributed by atoms with van der Waals surface area (Å²) in [5, 5.41) is 0. The summed E-state index contributed by atoms with van der Waals surface area (Å²) in [5.41, 5.74) is 1.78. The highest BCUT2D eigenvalue weighted by molar-refractivity contribution is 5.46. The van der Waals surface area contributed by atoms with Crippen LogP contribution in [0.5, 0.6) is 0 Å². The molecule has 4 bridgehead atoms. The standard InChI is InChI=1S/C19H24O/c1-5-6-8-10-7(5)11-9(6)13-12(8)16-14(10)15(11)17(13)18(16)20-19(2,3)4/h6-18H,1H2,2-4H3. The lowest BCUT2D eigenvalue weighted by molar-refractivity contribution is -0.0861. The van der Waals surface area contributed by atoms with Crippen molar-refractivity contribution >= 4 is 0 Å². The first kappa shape index (κ1) is 10.4. The van der Waals surface area contributed by atoms with Gasteiger partial charge in [0.1, 0.15) is 0 Å². The third kappa shape index (κ3) is 0.688. The van der Waals surface area contributed by atoms with Crippen LogP contribution in [0.1, 0.15) is 20.8 Å². The molecule has 0 spiro atoms. The van der Waals surface area contributed by atoms with Crippen LogP contribution < -0.4 is 0 Å². The molecule has 0 aromatic rings. The fourth-order valence-electron chi connectivity index (χ4n) is 9.96. The second-order valence-corrected chi connectivity index (χ2v) is 10.1. The van der Waals surface area contributed by atoms with Crippen molar-refractivity contribution in [1.82, 2.24) is 0 Å². The Hall–Kier alpha value is -0.300. The summed E-state index contributed by atoms with van der Waals surface area (Å²) in [4.78, 5) is 0. The third-order valence-electron chi connectivity index (χ3n) is 9.10. The van der Waals surface area contributed by atoms with Gasteiger partial charge in [-0.15, -0.1) is 0 Å². The Morgan fingerprint density at radius 2 is 1.10 bits per heavy atom. The van der Waals surface area contributed by atoms with Crippen molar-refractivity contribution in [2.75, 3.05) is 0 Å². The highest BCUT2D eigenvalue weighted by atomic mass is 16.5. The van der Waals surface area contributed by atoms with E-state index in [0.717, 1.165) is 71.0 Å². The highest BCUT2D eigenvalue weighted by Gasteiger charge is 2.91. The summed E-state index contributed by atoms with van der Waals surface area (Å²) in [6.45, 7) is 11.3. The lowest BCUT2D eigenvalue weighted by Gasteiger charge is -2.29. The molecule has 0 saturated heterocycles. The maximum Gasteiger partial charge on any atom is 0.0649 e. The quantitative estimate of drug-likeness (QED) is 0.664. The molecular formula is C19H24O. The predicted octanol–water partition coefficient (Wildman–Crippen LogP) is 3.22. The highest BCUT2D eigenvalue weighted by Crippen LogP contribution is 2.93. The third-order valence-corrected chi connectivity index (χ3v) is 9.10. The minimum absolute atomic E-state index is 0.0512. The first-order valence-corrected chi connectivity index (χ1v) is 8.87. The van der Waals surface area contributed by atoms with Gasteiger partial charge in [-0.2, -0.15) is 0 Å². The SMILES string of the molecule is C=C1C2C3C4C1C1C2C2C5C(OC(C)(C)C)C(C32)C4C51. The molecule has 20 heavy (non-hydrogen) atoms. The average molecular weight is 268 g/mol. The van der Waals surface area contributed by atoms with Crippen LogP contribution in [0.25, 0.3) is 0 Å². The van der Waals surface area contributed by atoms with Crippen LogP contribution in [0.4, 0.5) is 0 Å². The van der Waals surface area contributed by atoms with E-state index in [2.05, 4.69) is 27.4 Å². The van der Waals surface area contributed by atoms with Crippen molar-refractivity contribution in [2.45, 2.75) is 32.5 Å². The smallest absolute Gasteiger partial charge is 0.0649 e. The monoisotopic (exact) mass is 268 g/mol. The zero-order valence-electron chi connectivity index (χ0n) is 12.6. The molecule has 106 valence electrons. The van der Waals surface area contributed by atoms with Crippen LogP contribution >= 0.6 is 0 Å². The van der Waals surface area contributed by atoms with Gasteiger partial charge < -0.3 is 4.74 Å². The molecule has 0 aromatic heterocycles. The van der Waals surface area contributed by atoms with E-state index in [-0.39, 0.29) is 5.60 Å². The van der Waals surface area contributed by atoms with Gasteiger partial charge in [0, 0.05) is 0 Å². The molecule has 8 rings (SSSR count). The molecule has 0 radical (unpaired) electrons. The van der Waals surface area contributed by atoms with E-state index < -0.39 is 0 Å². The average Bonchev–Trinajstić information content (AvgIpc) is 3.00. The Morgan fingerprint density at radius 1 is 0.700 bits per heavy atom. The van der Waals surface area contributed by atoms with Crippen LogP contribution in [-0.2, 0) is 4.74 Å². The summed E-state index contributed by atoms with van der Waals surface area (Å²) < 4.78 is 6.64. The Morgan fingerprint density at radius 3 is 1.45 bits per heavy atom. The number of ether oxygens (including phenoxy) is 1. The number of hydrogen-bond donors (Lipinski definition) is 0. The van der Waals surface area contributed by atoms with Crippen LogP contribution in [0.15, 0.2) is 12.2 Å². The molecular weight excluding hydrogens is 244 g/mol. The summed E-state index contributed by atoms with van der Waals surface area (Å²) in [5.74, 6) is 12.4. The minimum atomic E-state index is 0.0512. The van der Waals surface area contributed by atoms with Gasteiger partial charge in [-0.05, 0) is 91.8 Å². The topological polar surface area (TPSA) is 9.23 Å². The molecule has 1 heteroatoms. The van der Waals surface area contributed by atoms with Gasteiger partial charge in [-0.25, -0.2) is 0 Å². The van der Waals surface area contributed by atoms with Crippen LogP contribution in [0, 0.1) is 71.0 Å². The van der Waals surface area contributed by atoms with E-state index >= 15 is 0 Å². The largest absolute Gasteiger partial charge is 0.372 e. The molecule has 0 N–H and O–H groups in total. The van der Waals surface area contributed by atoms with Crippen molar-refractivity contribution in [3.63, 3.8) is 0 Å². The molecule has 0 heterocycles. The Kier molecular flexibility index (Phi) is 1.29. The predicted molar refractivity (Wildman–Crippen MR) is 75.6 cm³/mol. The molecule has 8 unspecified atom stereocenters. The summed E-state index contributed by atoms with van der Waals surface area (Å²) in [6, 6.07) is 0. The maximum absolute atomic E-state index is 6.64. The van der Waals surface area contributed by atoms with Gasteiger partial charge in [0.25, 0.3) is 0 Å². The van der Waals surface area contributed by atoms with Gasteiger partial charge in [-0.3, -0.25) is 0 Å². The van der Waals surface area contributed by atoms with E-state index in [9.17, 15) is 0 Å². The summed E-state index contributed by atoms with van der Waals surface area (Å²) >= 11 is 0. The second-order valence-electron chi connectivity index (χ2n) is 10.1. The van der Waals surface area contributed by atoms with Gasteiger partial charge in [0.05, 0.1) is 11.7 Å². The molecule has 0 amide bonds. The Balaban J connectivity index is 1.44. The minimum Gasteiger partial charge on any atom is -0.372 e. The molecule has 8 aliphatic carbocycles. The zero-order valence-corrected chi connectivity index (χ0v) is 12.6. The van der Waals surface area contributed by atoms with Gasteiger partial charge >= 0.3 is 0 Å². The van der Waals surface area contributed by atoms with Crippen LogP contribution in [0.2, 0.25) is 0 Å². The van der Waals surface area contributed by atoms with Crippen molar-refractivity contribution in [3.8, 4) is 0 Å². The normalized spacial score (nSPS) is 75.5. The molecule has 8 saturated carbocycles. The summed E-state index contributed by atoms with van der Waals surface area (Å²) in [7, 11) is 0. The van der Waals surface area contributed by atoms with E-state index in [4.69, 9.17) is 4.74 Å². The Labute approximate surface area is 121 Å². The van der Waals surface area contributed by atoms with E-state index in [1.165, 1.54) is 0 Å². The van der Waals surface area contributed by atoms with Gasteiger partial charge in [0.15, 0.2) is 0 Å². The zero-order chi connectivity index (χ0) is 13.3. The first-order valence-electron chi connectivity index (χ1n) is 8.87. The molecule has 1 nitrogen and oxygen atoms in total. The van der Waals surface area contributed by atoms with Crippen molar-refractivity contribution in [2.24, 2.45) is 71.0 Å². The van der Waals surface area contributed by atoms with Crippen molar-refractivity contribution in [1.29, 1.82) is 0 Å². The molecule has 0 aromatic carbocycles. The van der Waals surface area contributed by atoms with E-state index in [1.54, 1.807) is 5.57 Å². The maximum atomic E-state index is 6.64. The Bertz CT molecular complexity index is 511. The number of hydrogen-bond acceptors (Lipinski definition) is 1. The van der Waals surface area contributed by atoms with Crippen LogP contribution in [-0.4, -0.2) is 11.7 Å². The lowest BCUT2D eigenvalue weighted by atomic mass is 9.80. The van der Waals surface area contributed by atoms with E-state index in [0.29, 0.717) is 6.10 Å². The lowest BCUT2D eigenvalue weighted by Crippen LogP contribution is -2.32. The van der Waals surface area contributed by atoms with Crippen molar-refractivity contribution < 1.29 is 4.74 Å². The molecule has 8 aliphatic rings. The molecule has 8 atom stereocenters. The number of rotatable bonds is 1. The van der Waals surface area contributed by atoms with Crippen LogP contribution in [0.3, 0.4) is 0 Å². The van der Waals surface area contributed by atoms with Gasteiger partial charge in [-0.1, -0.05) is 12.2 Å². The van der Waals surface area contributed by atoms with Gasteiger partial charge in [0.2, 0.25) is 0 Å². The number of allylic oxidation sites excluding steroid dienone is 1. The molecule has 0 aliphatic heterocycles.